The summed E-state index contributed by atoms with van der Waals surface area (Å²) >= 11 is 0. The highest BCUT2D eigenvalue weighted by Gasteiger charge is 2.20. The number of anilines is 1. The maximum Gasteiger partial charge on any atom is 0.343 e. The van der Waals surface area contributed by atoms with Gasteiger partial charge in [0, 0.05) is 25.5 Å². The van der Waals surface area contributed by atoms with Crippen LogP contribution in [0.5, 0.6) is 0 Å². The molecule has 0 atom stereocenters. The molecule has 0 amide bonds. The molecule has 0 radical (unpaired) electrons. The summed E-state index contributed by atoms with van der Waals surface area (Å²) in [6.45, 7) is 7.60. The largest absolute Gasteiger partial charge is 0.462 e. The van der Waals surface area contributed by atoms with Gasteiger partial charge in [-0.3, -0.25) is 4.98 Å². The first-order valence-electron chi connectivity index (χ1n) is 7.41. The van der Waals surface area contributed by atoms with Crippen LogP contribution in [0.4, 0.5) is 5.82 Å². The van der Waals surface area contributed by atoms with Crippen molar-refractivity contribution in [3.8, 4) is 11.5 Å². The molecule has 0 aliphatic carbocycles. The first-order valence-corrected chi connectivity index (χ1v) is 7.41. The molecule has 0 bridgehead atoms. The molecule has 22 heavy (non-hydrogen) atoms. The molecule has 6 nitrogen and oxygen atoms in total. The van der Waals surface area contributed by atoms with E-state index in [4.69, 9.17) is 4.74 Å². The lowest BCUT2D eigenvalue weighted by atomic mass is 10.2. The van der Waals surface area contributed by atoms with Crippen LogP contribution in [0.2, 0.25) is 0 Å². The molecule has 0 N–H and O–H groups in total. The van der Waals surface area contributed by atoms with E-state index in [1.165, 1.54) is 6.20 Å². The zero-order chi connectivity index (χ0) is 15.9. The molecule has 2 aromatic rings. The Balaban J connectivity index is 2.50. The lowest BCUT2D eigenvalue weighted by molar-refractivity contribution is 0.0526. The van der Waals surface area contributed by atoms with Gasteiger partial charge in [0.1, 0.15) is 17.1 Å². The second-order valence-corrected chi connectivity index (χ2v) is 4.54. The van der Waals surface area contributed by atoms with E-state index >= 15 is 0 Å². The van der Waals surface area contributed by atoms with Crippen molar-refractivity contribution in [2.24, 2.45) is 0 Å². The molecule has 0 fully saturated rings. The Hall–Kier alpha value is -2.50. The van der Waals surface area contributed by atoms with Gasteiger partial charge in [-0.1, -0.05) is 6.07 Å². The zero-order valence-corrected chi connectivity index (χ0v) is 13.1. The van der Waals surface area contributed by atoms with Gasteiger partial charge in [0.15, 0.2) is 5.82 Å². The van der Waals surface area contributed by atoms with Crippen molar-refractivity contribution in [2.75, 3.05) is 24.6 Å². The Morgan fingerprint density at radius 3 is 2.55 bits per heavy atom. The second kappa shape index (κ2) is 7.49. The minimum atomic E-state index is -0.406. The topological polar surface area (TPSA) is 68.2 Å². The van der Waals surface area contributed by atoms with E-state index in [1.54, 1.807) is 13.1 Å². The van der Waals surface area contributed by atoms with Gasteiger partial charge in [-0.25, -0.2) is 14.8 Å². The van der Waals surface area contributed by atoms with Gasteiger partial charge in [-0.15, -0.1) is 0 Å². The number of pyridine rings is 1. The number of hydrogen-bond acceptors (Lipinski definition) is 6. The van der Waals surface area contributed by atoms with Gasteiger partial charge in [0.25, 0.3) is 0 Å². The van der Waals surface area contributed by atoms with E-state index < -0.39 is 5.97 Å². The molecule has 0 spiro atoms. The highest BCUT2D eigenvalue weighted by Crippen LogP contribution is 2.22. The van der Waals surface area contributed by atoms with Crippen LogP contribution in [-0.2, 0) is 4.74 Å². The Bertz CT molecular complexity index is 627. The lowest BCUT2D eigenvalue weighted by Crippen LogP contribution is -2.26. The van der Waals surface area contributed by atoms with Crippen molar-refractivity contribution in [2.45, 2.75) is 20.8 Å². The molecule has 0 saturated heterocycles. The van der Waals surface area contributed by atoms with Crippen molar-refractivity contribution in [1.29, 1.82) is 0 Å². The molecule has 6 heteroatoms. The Morgan fingerprint density at radius 1 is 1.18 bits per heavy atom. The Morgan fingerprint density at radius 2 is 1.95 bits per heavy atom. The molecule has 2 heterocycles. The van der Waals surface area contributed by atoms with E-state index in [-0.39, 0.29) is 0 Å². The molecule has 0 unspecified atom stereocenters. The van der Waals surface area contributed by atoms with Crippen molar-refractivity contribution in [1.82, 2.24) is 15.0 Å². The van der Waals surface area contributed by atoms with Crippen LogP contribution >= 0.6 is 0 Å². The third kappa shape index (κ3) is 3.39. The summed E-state index contributed by atoms with van der Waals surface area (Å²) < 4.78 is 5.09. The molecular formula is C16H20N4O2. The normalized spacial score (nSPS) is 10.3. The van der Waals surface area contributed by atoms with E-state index in [1.807, 2.05) is 36.9 Å². The van der Waals surface area contributed by atoms with Gasteiger partial charge in [0.2, 0.25) is 0 Å². The maximum absolute atomic E-state index is 12.1. The fraction of sp³-hybridized carbons (Fsp3) is 0.375. The summed E-state index contributed by atoms with van der Waals surface area (Å²) in [5.41, 5.74) is 1.05. The van der Waals surface area contributed by atoms with E-state index in [2.05, 4.69) is 15.0 Å². The third-order valence-corrected chi connectivity index (χ3v) is 3.22. The number of carbonyl (C=O) groups excluding carboxylic acids is 1. The minimum Gasteiger partial charge on any atom is -0.462 e. The molecule has 0 aromatic carbocycles. The fourth-order valence-corrected chi connectivity index (χ4v) is 2.11. The minimum absolute atomic E-state index is 0.318. The Labute approximate surface area is 130 Å². The first kappa shape index (κ1) is 15.9. The van der Waals surface area contributed by atoms with Gasteiger partial charge < -0.3 is 9.64 Å². The monoisotopic (exact) mass is 300 g/mol. The van der Waals surface area contributed by atoms with Crippen LogP contribution in [-0.4, -0.2) is 40.6 Å². The number of rotatable bonds is 6. The third-order valence-electron chi connectivity index (χ3n) is 3.22. The van der Waals surface area contributed by atoms with Crippen molar-refractivity contribution in [3.05, 3.63) is 36.2 Å². The van der Waals surface area contributed by atoms with E-state index in [0.29, 0.717) is 29.5 Å². The lowest BCUT2D eigenvalue weighted by Gasteiger charge is -2.22. The number of hydrogen-bond donors (Lipinski definition) is 0. The first-order chi connectivity index (χ1) is 10.7. The summed E-state index contributed by atoms with van der Waals surface area (Å²) in [5.74, 6) is 0.673. The number of carbonyl (C=O) groups is 1. The molecular weight excluding hydrogens is 280 g/mol. The fourth-order valence-electron chi connectivity index (χ4n) is 2.11. The summed E-state index contributed by atoms with van der Waals surface area (Å²) in [4.78, 5) is 27.2. The van der Waals surface area contributed by atoms with Crippen molar-refractivity contribution in [3.63, 3.8) is 0 Å². The average molecular weight is 300 g/mol. The summed E-state index contributed by atoms with van der Waals surface area (Å²) in [7, 11) is 0. The van der Waals surface area contributed by atoms with Crippen molar-refractivity contribution >= 4 is 11.8 Å². The van der Waals surface area contributed by atoms with Crippen molar-refractivity contribution < 1.29 is 9.53 Å². The van der Waals surface area contributed by atoms with Gasteiger partial charge >= 0.3 is 5.97 Å². The second-order valence-electron chi connectivity index (χ2n) is 4.54. The predicted molar refractivity (Wildman–Crippen MR) is 84.8 cm³/mol. The van der Waals surface area contributed by atoms with Crippen LogP contribution < -0.4 is 4.90 Å². The summed E-state index contributed by atoms with van der Waals surface area (Å²) in [6.07, 6.45) is 3.21. The maximum atomic E-state index is 12.1. The number of aromatic nitrogens is 3. The quantitative estimate of drug-likeness (QED) is 0.764. The summed E-state index contributed by atoms with van der Waals surface area (Å²) in [5, 5.41) is 0. The van der Waals surface area contributed by atoms with Crippen LogP contribution in [0.3, 0.4) is 0 Å². The highest BCUT2D eigenvalue weighted by molar-refractivity contribution is 5.94. The zero-order valence-electron chi connectivity index (χ0n) is 13.1. The number of ether oxygens (including phenoxy) is 1. The average Bonchev–Trinajstić information content (AvgIpc) is 2.57. The molecule has 0 aliphatic rings. The van der Waals surface area contributed by atoms with E-state index in [0.717, 1.165) is 13.1 Å². The van der Waals surface area contributed by atoms with Gasteiger partial charge in [-0.2, -0.15) is 0 Å². The SMILES string of the molecule is CCOC(=O)c1cnc(-c2ccccn2)nc1N(CC)CC. The highest BCUT2D eigenvalue weighted by atomic mass is 16.5. The Kier molecular flexibility index (Phi) is 5.41. The molecule has 116 valence electrons. The van der Waals surface area contributed by atoms with Crippen LogP contribution in [0, 0.1) is 0 Å². The van der Waals surface area contributed by atoms with Crippen LogP contribution in [0.1, 0.15) is 31.1 Å². The molecule has 2 aromatic heterocycles. The van der Waals surface area contributed by atoms with E-state index in [9.17, 15) is 4.79 Å². The predicted octanol–water partition coefficient (Wildman–Crippen LogP) is 2.56. The molecule has 2 rings (SSSR count). The van der Waals surface area contributed by atoms with Gasteiger partial charge in [-0.05, 0) is 32.9 Å². The molecule has 0 saturated carbocycles. The van der Waals surface area contributed by atoms with Gasteiger partial charge in [0.05, 0.1) is 6.61 Å². The smallest absolute Gasteiger partial charge is 0.343 e. The van der Waals surface area contributed by atoms with Crippen LogP contribution in [0.15, 0.2) is 30.6 Å². The van der Waals surface area contributed by atoms with Crippen LogP contribution in [0.25, 0.3) is 11.5 Å². The molecule has 0 aliphatic heterocycles. The standard InChI is InChI=1S/C16H20N4O2/c1-4-20(5-2)15-12(16(21)22-6-3)11-18-14(19-15)13-9-7-8-10-17-13/h7-11H,4-6H2,1-3H3. The number of nitrogens with zero attached hydrogens (tertiary/aromatic N) is 4. The number of esters is 1. The summed E-state index contributed by atoms with van der Waals surface area (Å²) in [6, 6.07) is 5.55.